The molecule has 0 radical (unpaired) electrons. The number of amides is 3. The number of esters is 1. The fourth-order valence-corrected chi connectivity index (χ4v) is 3.08. The zero-order valence-corrected chi connectivity index (χ0v) is 15.2. The first kappa shape index (κ1) is 20.2. The maximum absolute atomic E-state index is 12.6. The Morgan fingerprint density at radius 3 is 2.58 bits per heavy atom. The van der Waals surface area contributed by atoms with Crippen molar-refractivity contribution in [3.8, 4) is 0 Å². The Morgan fingerprint density at radius 1 is 1.08 bits per heavy atom. The highest BCUT2D eigenvalue weighted by atomic mass is 16.5. The predicted molar refractivity (Wildman–Crippen MR) is 93.0 cm³/mol. The number of carbonyl (C=O) groups is 4. The molecule has 2 unspecified atom stereocenters. The van der Waals surface area contributed by atoms with Crippen LogP contribution in [0.3, 0.4) is 0 Å². The lowest BCUT2D eigenvalue weighted by molar-refractivity contribution is -0.152. The van der Waals surface area contributed by atoms with E-state index < -0.39 is 18.1 Å². The summed E-state index contributed by atoms with van der Waals surface area (Å²) >= 11 is 0. The Bertz CT molecular complexity index is 539. The zero-order valence-electron chi connectivity index (χ0n) is 15.2. The van der Waals surface area contributed by atoms with Gasteiger partial charge in [-0.05, 0) is 6.42 Å². The van der Waals surface area contributed by atoms with Crippen molar-refractivity contribution in [2.75, 3.05) is 32.8 Å². The maximum Gasteiger partial charge on any atom is 0.308 e. The molecule has 2 atom stereocenters. The van der Waals surface area contributed by atoms with E-state index in [1.165, 1.54) is 4.90 Å². The normalized spacial score (nSPS) is 23.2. The van der Waals surface area contributed by atoms with Crippen molar-refractivity contribution in [2.24, 2.45) is 0 Å². The summed E-state index contributed by atoms with van der Waals surface area (Å²) in [5.41, 5.74) is 0. The van der Waals surface area contributed by atoms with E-state index in [0.29, 0.717) is 32.8 Å². The minimum atomic E-state index is -0.887. The van der Waals surface area contributed by atoms with Gasteiger partial charge in [0.2, 0.25) is 17.7 Å². The number of rotatable bonds is 8. The highest BCUT2D eigenvalue weighted by Crippen LogP contribution is 2.13. The van der Waals surface area contributed by atoms with Crippen LogP contribution >= 0.6 is 0 Å². The minimum absolute atomic E-state index is 0.0405. The number of ether oxygens (including phenoxy) is 1. The fraction of sp³-hybridized carbons (Fsp3) is 0.765. The van der Waals surface area contributed by atoms with Crippen LogP contribution in [-0.2, 0) is 23.9 Å². The van der Waals surface area contributed by atoms with Gasteiger partial charge >= 0.3 is 5.97 Å². The molecule has 0 aliphatic carbocycles. The van der Waals surface area contributed by atoms with Crippen molar-refractivity contribution in [1.29, 1.82) is 0 Å². The van der Waals surface area contributed by atoms with Gasteiger partial charge in [0.25, 0.3) is 0 Å². The number of hydrogen-bond acceptors (Lipinski definition) is 6. The lowest BCUT2D eigenvalue weighted by Gasteiger charge is -2.35. The maximum atomic E-state index is 12.6. The number of nitrogens with zero attached hydrogens (tertiary/aromatic N) is 1. The average molecular weight is 368 g/mol. The van der Waals surface area contributed by atoms with Crippen LogP contribution in [0.1, 0.15) is 39.0 Å². The van der Waals surface area contributed by atoms with E-state index in [-0.39, 0.29) is 30.6 Å². The lowest BCUT2D eigenvalue weighted by atomic mass is 10.1. The van der Waals surface area contributed by atoms with E-state index in [2.05, 4.69) is 22.9 Å². The smallest absolute Gasteiger partial charge is 0.308 e. The van der Waals surface area contributed by atoms with Gasteiger partial charge in [0, 0.05) is 26.2 Å². The number of carbonyl (C=O) groups excluding carboxylic acids is 4. The summed E-state index contributed by atoms with van der Waals surface area (Å²) < 4.78 is 5.16. The first-order valence-electron chi connectivity index (χ1n) is 9.26. The molecule has 0 bridgehead atoms. The summed E-state index contributed by atoms with van der Waals surface area (Å²) in [5, 5.41) is 8.37. The molecule has 0 aromatic heterocycles. The monoisotopic (exact) mass is 368 g/mol. The molecule has 2 aliphatic heterocycles. The molecule has 0 aromatic carbocycles. The molecule has 0 aromatic rings. The van der Waals surface area contributed by atoms with E-state index in [4.69, 9.17) is 4.74 Å². The SMILES string of the molecule is CCCCCOC(=O)CC1C(=O)NCCN1C(=O)CC1NCCNC1=O. The van der Waals surface area contributed by atoms with Crippen LogP contribution in [0, 0.1) is 0 Å². The first-order valence-corrected chi connectivity index (χ1v) is 9.26. The molecule has 2 heterocycles. The molecular weight excluding hydrogens is 340 g/mol. The molecule has 3 N–H and O–H groups in total. The highest BCUT2D eigenvalue weighted by Gasteiger charge is 2.36. The molecule has 2 rings (SSSR count). The van der Waals surface area contributed by atoms with Crippen LogP contribution in [-0.4, -0.2) is 73.5 Å². The predicted octanol–water partition coefficient (Wildman–Crippen LogP) is -1.08. The van der Waals surface area contributed by atoms with Crippen molar-refractivity contribution >= 4 is 23.7 Å². The Labute approximate surface area is 153 Å². The molecule has 2 aliphatic rings. The standard InChI is InChI=1S/C17H28N4O5/c1-2-3-4-9-26-15(23)11-13-17(25)20-7-8-21(13)14(22)10-12-16(24)19-6-5-18-12/h12-13,18H,2-11H2,1H3,(H,19,24)(H,20,25). The molecule has 9 heteroatoms. The van der Waals surface area contributed by atoms with E-state index in [1.54, 1.807) is 0 Å². The summed E-state index contributed by atoms with van der Waals surface area (Å²) in [6.07, 6.45) is 2.56. The van der Waals surface area contributed by atoms with Gasteiger partial charge in [-0.15, -0.1) is 0 Å². The third-order valence-corrected chi connectivity index (χ3v) is 4.53. The van der Waals surface area contributed by atoms with Crippen LogP contribution in [0.25, 0.3) is 0 Å². The molecule has 0 saturated carbocycles. The molecular formula is C17H28N4O5. The lowest BCUT2D eigenvalue weighted by Crippen LogP contribution is -2.60. The molecule has 3 amide bonds. The van der Waals surface area contributed by atoms with Crippen LogP contribution < -0.4 is 16.0 Å². The largest absolute Gasteiger partial charge is 0.466 e. The van der Waals surface area contributed by atoms with Gasteiger partial charge in [0.05, 0.1) is 25.5 Å². The van der Waals surface area contributed by atoms with Crippen molar-refractivity contribution < 1.29 is 23.9 Å². The molecule has 9 nitrogen and oxygen atoms in total. The van der Waals surface area contributed by atoms with E-state index in [9.17, 15) is 19.2 Å². The van der Waals surface area contributed by atoms with Crippen molar-refractivity contribution in [2.45, 2.75) is 51.1 Å². The number of nitrogens with one attached hydrogen (secondary N) is 3. The van der Waals surface area contributed by atoms with Gasteiger partial charge in [-0.2, -0.15) is 0 Å². The minimum Gasteiger partial charge on any atom is -0.466 e. The summed E-state index contributed by atoms with van der Waals surface area (Å²) in [6, 6.07) is -1.50. The summed E-state index contributed by atoms with van der Waals surface area (Å²) in [6.45, 7) is 4.14. The van der Waals surface area contributed by atoms with Crippen LogP contribution in [0.2, 0.25) is 0 Å². The third-order valence-electron chi connectivity index (χ3n) is 4.53. The van der Waals surface area contributed by atoms with Gasteiger partial charge in [-0.25, -0.2) is 0 Å². The third kappa shape index (κ3) is 5.69. The quantitative estimate of drug-likeness (QED) is 0.370. The Morgan fingerprint density at radius 2 is 1.85 bits per heavy atom. The van der Waals surface area contributed by atoms with Crippen molar-refractivity contribution in [1.82, 2.24) is 20.9 Å². The Hall–Kier alpha value is -2.16. The summed E-state index contributed by atoms with van der Waals surface area (Å²) in [5.74, 6) is -1.40. The fourth-order valence-electron chi connectivity index (χ4n) is 3.08. The van der Waals surface area contributed by atoms with Crippen molar-refractivity contribution in [3.63, 3.8) is 0 Å². The van der Waals surface area contributed by atoms with Crippen molar-refractivity contribution in [3.05, 3.63) is 0 Å². The number of unbranched alkanes of at least 4 members (excludes halogenated alkanes) is 2. The summed E-state index contributed by atoms with van der Waals surface area (Å²) in [7, 11) is 0. The van der Waals surface area contributed by atoms with Crippen LogP contribution in [0.4, 0.5) is 0 Å². The Balaban J connectivity index is 1.91. The second-order valence-electron chi connectivity index (χ2n) is 6.53. The van der Waals surface area contributed by atoms with Crippen LogP contribution in [0.15, 0.2) is 0 Å². The molecule has 2 fully saturated rings. The first-order chi connectivity index (χ1) is 12.5. The zero-order chi connectivity index (χ0) is 18.9. The molecule has 2 saturated heterocycles. The molecule has 0 spiro atoms. The second-order valence-corrected chi connectivity index (χ2v) is 6.53. The average Bonchev–Trinajstić information content (AvgIpc) is 2.62. The molecule has 146 valence electrons. The number of hydrogen-bond donors (Lipinski definition) is 3. The van der Waals surface area contributed by atoms with Gasteiger partial charge < -0.3 is 25.6 Å². The van der Waals surface area contributed by atoms with Gasteiger partial charge in [0.1, 0.15) is 6.04 Å². The Kier molecular flexibility index (Phi) is 7.83. The van der Waals surface area contributed by atoms with E-state index >= 15 is 0 Å². The van der Waals surface area contributed by atoms with Gasteiger partial charge in [-0.1, -0.05) is 19.8 Å². The van der Waals surface area contributed by atoms with E-state index in [0.717, 1.165) is 19.3 Å². The van der Waals surface area contributed by atoms with Gasteiger partial charge in [0.15, 0.2) is 0 Å². The van der Waals surface area contributed by atoms with E-state index in [1.807, 2.05) is 0 Å². The second kappa shape index (κ2) is 10.1. The van der Waals surface area contributed by atoms with Gasteiger partial charge in [-0.3, -0.25) is 19.2 Å². The molecule has 26 heavy (non-hydrogen) atoms. The van der Waals surface area contributed by atoms with Crippen LogP contribution in [0.5, 0.6) is 0 Å². The highest BCUT2D eigenvalue weighted by molar-refractivity contribution is 5.94. The topological polar surface area (TPSA) is 117 Å². The number of piperazine rings is 2. The summed E-state index contributed by atoms with van der Waals surface area (Å²) in [4.78, 5) is 50.0.